The number of hydrogen-bond donors (Lipinski definition) is 0. The molecule has 0 saturated carbocycles. The molecule has 7 heteroatoms. The Morgan fingerprint density at radius 2 is 1.87 bits per heavy atom. The second-order valence-electron chi connectivity index (χ2n) is 8.97. The molecule has 0 fully saturated rings. The lowest BCUT2D eigenvalue weighted by Gasteiger charge is -2.12. The zero-order chi connectivity index (χ0) is 27.6. The first-order valence-electron chi connectivity index (χ1n) is 12.9. The summed E-state index contributed by atoms with van der Waals surface area (Å²) in [4.78, 5) is 16.7. The smallest absolute Gasteiger partial charge is 0.307 e. The molecule has 2 aromatic heterocycles. The number of nitrogens with zero attached hydrogens (tertiary/aromatic N) is 1. The number of hydrogen-bond acceptors (Lipinski definition) is 7. The fraction of sp³-hybridized carbons (Fsp3) is 0.312. The Hall–Kier alpha value is -3.86. The minimum Gasteiger partial charge on any atom is -0.490 e. The van der Waals surface area contributed by atoms with Crippen molar-refractivity contribution in [3.63, 3.8) is 0 Å². The molecule has 0 amide bonds. The molecule has 0 unspecified atom stereocenters. The van der Waals surface area contributed by atoms with Crippen molar-refractivity contribution in [1.29, 1.82) is 0 Å². The van der Waals surface area contributed by atoms with Crippen LogP contribution in [0.2, 0.25) is 0 Å². The van der Waals surface area contributed by atoms with Gasteiger partial charge in [-0.15, -0.1) is 17.3 Å². The topological polar surface area (TPSA) is 66.9 Å². The number of thiophene rings is 1. The first-order valence-corrected chi connectivity index (χ1v) is 13.8. The Kier molecular flexibility index (Phi) is 9.96. The van der Waals surface area contributed by atoms with Crippen LogP contribution in [0, 0.1) is 18.8 Å². The third kappa shape index (κ3) is 7.38. The average Bonchev–Trinajstić information content (AvgIpc) is 3.35. The van der Waals surface area contributed by atoms with E-state index in [1.807, 2.05) is 30.3 Å². The van der Waals surface area contributed by atoms with Gasteiger partial charge in [0.15, 0.2) is 0 Å². The molecule has 0 aliphatic heterocycles. The maximum Gasteiger partial charge on any atom is 0.307 e. The highest BCUT2D eigenvalue weighted by Crippen LogP contribution is 2.36. The van der Waals surface area contributed by atoms with Crippen molar-refractivity contribution in [3.8, 4) is 34.6 Å². The number of carbonyl (C=O) groups is 1. The van der Waals surface area contributed by atoms with Crippen LogP contribution in [0.1, 0.15) is 42.9 Å². The van der Waals surface area contributed by atoms with E-state index in [9.17, 15) is 4.79 Å². The Labute approximate surface area is 233 Å². The molecular weight excluding hydrogens is 510 g/mol. The van der Waals surface area contributed by atoms with Crippen LogP contribution in [-0.2, 0) is 20.9 Å². The van der Waals surface area contributed by atoms with E-state index in [0.29, 0.717) is 26.4 Å². The van der Waals surface area contributed by atoms with Crippen LogP contribution in [0.3, 0.4) is 0 Å². The Morgan fingerprint density at radius 3 is 2.59 bits per heavy atom. The SMILES string of the molecule is CC#C[C@@H](CC(=O)OCC)c1ccc(OCc2ccc3scc(-c4ncc(OCCOC)cc4C)c3c2)cc1. The molecule has 0 aliphatic carbocycles. The minimum absolute atomic E-state index is 0.203. The molecule has 2 aromatic carbocycles. The molecule has 0 N–H and O–H groups in total. The summed E-state index contributed by atoms with van der Waals surface area (Å²) in [6, 6.07) is 16.2. The van der Waals surface area contributed by atoms with Gasteiger partial charge in [0, 0.05) is 28.1 Å². The van der Waals surface area contributed by atoms with Gasteiger partial charge in [-0.25, -0.2) is 0 Å². The first-order chi connectivity index (χ1) is 19.0. The summed E-state index contributed by atoms with van der Waals surface area (Å²) >= 11 is 1.70. The summed E-state index contributed by atoms with van der Waals surface area (Å²) in [6.07, 6.45) is 2.00. The quantitative estimate of drug-likeness (QED) is 0.110. The van der Waals surface area contributed by atoms with E-state index in [2.05, 4.69) is 42.3 Å². The third-order valence-electron chi connectivity index (χ3n) is 6.19. The molecule has 0 bridgehead atoms. The summed E-state index contributed by atoms with van der Waals surface area (Å²) in [5, 5.41) is 3.31. The lowest BCUT2D eigenvalue weighted by atomic mass is 9.96. The number of aromatic nitrogens is 1. The van der Waals surface area contributed by atoms with Crippen LogP contribution in [0.25, 0.3) is 21.3 Å². The maximum atomic E-state index is 12.0. The van der Waals surface area contributed by atoms with Gasteiger partial charge < -0.3 is 18.9 Å². The number of fused-ring (bicyclic) bond motifs is 1. The van der Waals surface area contributed by atoms with Gasteiger partial charge >= 0.3 is 5.97 Å². The molecule has 2 heterocycles. The number of methoxy groups -OCH3 is 1. The molecule has 4 aromatic rings. The van der Waals surface area contributed by atoms with Gasteiger partial charge in [0.05, 0.1) is 37.4 Å². The summed E-state index contributed by atoms with van der Waals surface area (Å²) in [5.74, 6) is 7.07. The molecule has 0 aliphatic rings. The van der Waals surface area contributed by atoms with Gasteiger partial charge in [-0.3, -0.25) is 9.78 Å². The number of rotatable bonds is 12. The molecule has 1 atom stereocenters. The largest absolute Gasteiger partial charge is 0.490 e. The highest BCUT2D eigenvalue weighted by molar-refractivity contribution is 7.17. The van der Waals surface area contributed by atoms with Crippen LogP contribution in [0.4, 0.5) is 0 Å². The summed E-state index contributed by atoms with van der Waals surface area (Å²) in [6.45, 7) is 7.46. The molecule has 202 valence electrons. The van der Waals surface area contributed by atoms with Crippen LogP contribution >= 0.6 is 11.3 Å². The number of ether oxygens (including phenoxy) is 4. The van der Waals surface area contributed by atoms with E-state index in [1.165, 1.54) is 4.70 Å². The van der Waals surface area contributed by atoms with Crippen molar-refractivity contribution >= 4 is 27.4 Å². The van der Waals surface area contributed by atoms with E-state index >= 15 is 0 Å². The van der Waals surface area contributed by atoms with E-state index in [4.69, 9.17) is 23.9 Å². The number of benzene rings is 2. The second kappa shape index (κ2) is 13.8. The third-order valence-corrected chi connectivity index (χ3v) is 7.15. The second-order valence-corrected chi connectivity index (χ2v) is 9.88. The van der Waals surface area contributed by atoms with Gasteiger partial charge in [0.1, 0.15) is 24.7 Å². The predicted molar refractivity (Wildman–Crippen MR) is 155 cm³/mol. The Balaban J connectivity index is 1.45. The van der Waals surface area contributed by atoms with Gasteiger partial charge in [0.25, 0.3) is 0 Å². The lowest BCUT2D eigenvalue weighted by Crippen LogP contribution is -2.09. The Bertz CT molecular complexity index is 1470. The van der Waals surface area contributed by atoms with Crippen LogP contribution in [0.15, 0.2) is 60.1 Å². The highest BCUT2D eigenvalue weighted by Gasteiger charge is 2.15. The van der Waals surface area contributed by atoms with Gasteiger partial charge in [-0.1, -0.05) is 24.1 Å². The van der Waals surface area contributed by atoms with Crippen molar-refractivity contribution in [1.82, 2.24) is 4.98 Å². The van der Waals surface area contributed by atoms with Crippen LogP contribution in [-0.4, -0.2) is 37.9 Å². The zero-order valence-electron chi connectivity index (χ0n) is 22.8. The van der Waals surface area contributed by atoms with E-state index in [1.54, 1.807) is 38.5 Å². The van der Waals surface area contributed by atoms with E-state index < -0.39 is 0 Å². The molecule has 0 radical (unpaired) electrons. The normalized spacial score (nSPS) is 11.5. The zero-order valence-corrected chi connectivity index (χ0v) is 23.6. The molecule has 0 spiro atoms. The van der Waals surface area contributed by atoms with Gasteiger partial charge in [0.2, 0.25) is 0 Å². The molecule has 0 saturated heterocycles. The number of esters is 1. The van der Waals surface area contributed by atoms with Crippen LogP contribution in [0.5, 0.6) is 11.5 Å². The summed E-state index contributed by atoms with van der Waals surface area (Å²) < 4.78 is 23.2. The fourth-order valence-corrected chi connectivity index (χ4v) is 5.20. The Morgan fingerprint density at radius 1 is 1.05 bits per heavy atom. The lowest BCUT2D eigenvalue weighted by molar-refractivity contribution is -0.143. The average molecular weight is 544 g/mol. The van der Waals surface area contributed by atoms with Gasteiger partial charge in [-0.2, -0.15) is 0 Å². The molecule has 6 nitrogen and oxygen atoms in total. The number of carbonyl (C=O) groups excluding carboxylic acids is 1. The van der Waals surface area contributed by atoms with Crippen molar-refractivity contribution in [2.45, 2.75) is 39.7 Å². The molecule has 39 heavy (non-hydrogen) atoms. The summed E-state index contributed by atoms with van der Waals surface area (Å²) in [7, 11) is 1.65. The van der Waals surface area contributed by atoms with Crippen LogP contribution < -0.4 is 9.47 Å². The predicted octanol–water partition coefficient (Wildman–Crippen LogP) is 6.94. The van der Waals surface area contributed by atoms with Crippen molar-refractivity contribution in [2.75, 3.05) is 26.9 Å². The van der Waals surface area contributed by atoms with Crippen molar-refractivity contribution < 1.29 is 23.7 Å². The van der Waals surface area contributed by atoms with Gasteiger partial charge in [-0.05, 0) is 67.8 Å². The van der Waals surface area contributed by atoms with Crippen molar-refractivity contribution in [2.24, 2.45) is 0 Å². The van der Waals surface area contributed by atoms with E-state index in [0.717, 1.165) is 44.8 Å². The summed E-state index contributed by atoms with van der Waals surface area (Å²) in [5.41, 5.74) is 5.14. The first kappa shape index (κ1) is 28.2. The fourth-order valence-electron chi connectivity index (χ4n) is 4.28. The van der Waals surface area contributed by atoms with E-state index in [-0.39, 0.29) is 18.3 Å². The minimum atomic E-state index is -0.245. The van der Waals surface area contributed by atoms with Crippen molar-refractivity contribution in [3.05, 3.63) is 76.8 Å². The number of pyridine rings is 1. The maximum absolute atomic E-state index is 12.0. The standard InChI is InChI=1S/C32H33NO5S/c1-5-7-25(18-31(34)36-6-2)24-9-11-26(12-10-24)38-20-23-8-13-30-28(17-23)29(21-39-30)32-22(3)16-27(19-33-32)37-15-14-35-4/h8-13,16-17,19,21,25H,6,14-15,18,20H2,1-4H3/t25-/m0/s1. The number of aryl methyl sites for hydroxylation is 1. The molecule has 4 rings (SSSR count). The monoisotopic (exact) mass is 543 g/mol. The molecular formula is C32H33NO5S. The highest BCUT2D eigenvalue weighted by atomic mass is 32.1.